The molecule has 0 unspecified atom stereocenters. The van der Waals surface area contributed by atoms with Crippen LogP contribution in [0.25, 0.3) is 11.6 Å². The lowest BCUT2D eigenvalue weighted by Gasteiger charge is -2.27. The average molecular weight is 316 g/mol. The average Bonchev–Trinajstić information content (AvgIpc) is 3.19. The van der Waals surface area contributed by atoms with E-state index in [1.165, 1.54) is 0 Å². The van der Waals surface area contributed by atoms with E-state index in [0.29, 0.717) is 16.6 Å². The number of hydrogen-bond donors (Lipinski definition) is 1. The molecule has 22 heavy (non-hydrogen) atoms. The molecular formula is C15H14ClN5O. The standard InChI is InChI=1S/C15H14ClN5O/c16-11-7-18-20-13(11)9-21-4-3-12-10(8-21)6-17-15(19-12)14-2-1-5-22-14/h1-2,5-7H,3-4,8-9H2,(H,18,20). The van der Waals surface area contributed by atoms with Crippen LogP contribution in [0.1, 0.15) is 17.0 Å². The molecule has 0 atom stereocenters. The number of nitrogens with one attached hydrogen (secondary N) is 1. The number of aromatic nitrogens is 4. The van der Waals surface area contributed by atoms with Gasteiger partial charge < -0.3 is 4.42 Å². The lowest BCUT2D eigenvalue weighted by atomic mass is 10.1. The Bertz CT molecular complexity index is 783. The first-order valence-electron chi connectivity index (χ1n) is 7.08. The zero-order valence-electron chi connectivity index (χ0n) is 11.8. The molecular weight excluding hydrogens is 302 g/mol. The SMILES string of the molecule is Clc1cn[nH]c1CN1CCc2nc(-c3ccco3)ncc2C1. The summed E-state index contributed by atoms with van der Waals surface area (Å²) in [4.78, 5) is 11.3. The molecule has 4 rings (SSSR count). The van der Waals surface area contributed by atoms with E-state index in [9.17, 15) is 0 Å². The molecule has 0 saturated heterocycles. The van der Waals surface area contributed by atoms with Crippen LogP contribution in [0, 0.1) is 0 Å². The highest BCUT2D eigenvalue weighted by Crippen LogP contribution is 2.23. The zero-order valence-corrected chi connectivity index (χ0v) is 12.5. The number of hydrogen-bond acceptors (Lipinski definition) is 5. The van der Waals surface area contributed by atoms with Gasteiger partial charge in [0.05, 0.1) is 28.9 Å². The molecule has 3 aromatic rings. The third-order valence-corrected chi connectivity index (χ3v) is 4.13. The van der Waals surface area contributed by atoms with Crippen molar-refractivity contribution >= 4 is 11.6 Å². The van der Waals surface area contributed by atoms with Gasteiger partial charge in [0.15, 0.2) is 11.6 Å². The van der Waals surface area contributed by atoms with Crippen molar-refractivity contribution in [1.29, 1.82) is 0 Å². The molecule has 4 heterocycles. The van der Waals surface area contributed by atoms with Crippen molar-refractivity contribution in [3.8, 4) is 11.6 Å². The van der Waals surface area contributed by atoms with Gasteiger partial charge in [0.1, 0.15) is 0 Å². The number of furan rings is 1. The van der Waals surface area contributed by atoms with Crippen LogP contribution in [0.3, 0.4) is 0 Å². The Morgan fingerprint density at radius 3 is 3.09 bits per heavy atom. The Labute approximate surface area is 132 Å². The predicted molar refractivity (Wildman–Crippen MR) is 81.1 cm³/mol. The van der Waals surface area contributed by atoms with E-state index >= 15 is 0 Å². The van der Waals surface area contributed by atoms with Gasteiger partial charge in [-0.25, -0.2) is 9.97 Å². The summed E-state index contributed by atoms with van der Waals surface area (Å²) in [5.74, 6) is 1.35. The van der Waals surface area contributed by atoms with Crippen molar-refractivity contribution in [2.45, 2.75) is 19.5 Å². The Morgan fingerprint density at radius 2 is 2.32 bits per heavy atom. The zero-order chi connectivity index (χ0) is 14.9. The summed E-state index contributed by atoms with van der Waals surface area (Å²) in [6.07, 6.45) is 6.04. The third kappa shape index (κ3) is 2.51. The van der Waals surface area contributed by atoms with Crippen LogP contribution in [-0.2, 0) is 19.5 Å². The number of fused-ring (bicyclic) bond motifs is 1. The van der Waals surface area contributed by atoms with Crippen molar-refractivity contribution < 1.29 is 4.42 Å². The molecule has 112 valence electrons. The Hall–Kier alpha value is -2.18. The third-order valence-electron chi connectivity index (χ3n) is 3.80. The van der Waals surface area contributed by atoms with Crippen molar-refractivity contribution in [2.75, 3.05) is 6.54 Å². The number of rotatable bonds is 3. The quantitative estimate of drug-likeness (QED) is 0.804. The number of H-pyrrole nitrogens is 1. The van der Waals surface area contributed by atoms with Gasteiger partial charge in [-0.3, -0.25) is 10.00 Å². The molecule has 0 saturated carbocycles. The van der Waals surface area contributed by atoms with Gasteiger partial charge in [-0.05, 0) is 12.1 Å². The number of nitrogens with zero attached hydrogens (tertiary/aromatic N) is 4. The molecule has 3 aromatic heterocycles. The van der Waals surface area contributed by atoms with Crippen molar-refractivity contribution in [3.05, 3.63) is 52.8 Å². The molecule has 0 amide bonds. The van der Waals surface area contributed by atoms with E-state index in [1.54, 1.807) is 12.5 Å². The van der Waals surface area contributed by atoms with E-state index in [-0.39, 0.29) is 0 Å². The Kier molecular flexibility index (Phi) is 3.40. The van der Waals surface area contributed by atoms with Gasteiger partial charge in [0.25, 0.3) is 0 Å². The summed E-state index contributed by atoms with van der Waals surface area (Å²) in [7, 11) is 0. The second-order valence-electron chi connectivity index (χ2n) is 5.30. The van der Waals surface area contributed by atoms with E-state index in [0.717, 1.165) is 43.0 Å². The normalized spacial score (nSPS) is 15.0. The molecule has 6 nitrogen and oxygen atoms in total. The summed E-state index contributed by atoms with van der Waals surface area (Å²) in [5.41, 5.74) is 3.18. The van der Waals surface area contributed by atoms with Crippen LogP contribution in [0.5, 0.6) is 0 Å². The van der Waals surface area contributed by atoms with Gasteiger partial charge in [-0.1, -0.05) is 11.6 Å². The van der Waals surface area contributed by atoms with Gasteiger partial charge in [-0.15, -0.1) is 0 Å². The first-order valence-corrected chi connectivity index (χ1v) is 7.46. The maximum absolute atomic E-state index is 6.08. The van der Waals surface area contributed by atoms with Crippen LogP contribution in [-0.4, -0.2) is 31.6 Å². The van der Waals surface area contributed by atoms with Gasteiger partial charge in [0.2, 0.25) is 0 Å². The molecule has 0 bridgehead atoms. The first kappa shape index (κ1) is 13.5. The highest BCUT2D eigenvalue weighted by Gasteiger charge is 2.20. The minimum absolute atomic E-state index is 0.647. The molecule has 0 radical (unpaired) electrons. The first-order chi connectivity index (χ1) is 10.8. The maximum atomic E-state index is 6.08. The summed E-state index contributed by atoms with van der Waals surface area (Å²) in [6, 6.07) is 3.71. The van der Waals surface area contributed by atoms with Crippen molar-refractivity contribution in [1.82, 2.24) is 25.1 Å². The summed E-state index contributed by atoms with van der Waals surface area (Å²) in [5, 5.41) is 7.57. The topological polar surface area (TPSA) is 70.8 Å². The Balaban J connectivity index is 1.53. The lowest BCUT2D eigenvalue weighted by molar-refractivity contribution is 0.240. The Morgan fingerprint density at radius 1 is 1.36 bits per heavy atom. The maximum Gasteiger partial charge on any atom is 0.195 e. The van der Waals surface area contributed by atoms with Gasteiger partial charge >= 0.3 is 0 Å². The summed E-state index contributed by atoms with van der Waals surface area (Å²) >= 11 is 6.08. The fraction of sp³-hybridized carbons (Fsp3) is 0.267. The second-order valence-corrected chi connectivity index (χ2v) is 5.71. The van der Waals surface area contributed by atoms with Crippen LogP contribution in [0.15, 0.2) is 35.2 Å². The molecule has 1 aliphatic heterocycles. The number of aromatic amines is 1. The summed E-state index contributed by atoms with van der Waals surface area (Å²) in [6.45, 7) is 2.48. The highest BCUT2D eigenvalue weighted by molar-refractivity contribution is 6.31. The van der Waals surface area contributed by atoms with Crippen molar-refractivity contribution in [2.24, 2.45) is 0 Å². The van der Waals surface area contributed by atoms with Gasteiger partial charge in [0, 0.05) is 37.8 Å². The highest BCUT2D eigenvalue weighted by atomic mass is 35.5. The predicted octanol–water partition coefficient (Wildman–Crippen LogP) is 2.67. The minimum atomic E-state index is 0.647. The van der Waals surface area contributed by atoms with Crippen LogP contribution in [0.2, 0.25) is 5.02 Å². The molecule has 0 fully saturated rings. The molecule has 0 aliphatic carbocycles. The van der Waals surface area contributed by atoms with E-state index in [1.807, 2.05) is 18.3 Å². The van der Waals surface area contributed by atoms with Crippen LogP contribution in [0.4, 0.5) is 0 Å². The molecule has 1 aliphatic rings. The van der Waals surface area contributed by atoms with Crippen LogP contribution >= 0.6 is 11.6 Å². The molecule has 1 N–H and O–H groups in total. The largest absolute Gasteiger partial charge is 0.461 e. The van der Waals surface area contributed by atoms with Gasteiger partial charge in [-0.2, -0.15) is 5.10 Å². The van der Waals surface area contributed by atoms with Crippen molar-refractivity contribution in [3.63, 3.8) is 0 Å². The monoisotopic (exact) mass is 315 g/mol. The van der Waals surface area contributed by atoms with E-state index in [4.69, 9.17) is 16.0 Å². The molecule has 7 heteroatoms. The smallest absolute Gasteiger partial charge is 0.195 e. The van der Waals surface area contributed by atoms with E-state index in [2.05, 4.69) is 25.1 Å². The van der Waals surface area contributed by atoms with Crippen LogP contribution < -0.4 is 0 Å². The fourth-order valence-electron chi connectivity index (χ4n) is 2.67. The molecule has 0 aromatic carbocycles. The number of halogens is 1. The summed E-state index contributed by atoms with van der Waals surface area (Å²) < 4.78 is 5.35. The fourth-order valence-corrected chi connectivity index (χ4v) is 2.82. The molecule has 0 spiro atoms. The minimum Gasteiger partial charge on any atom is -0.461 e. The second kappa shape index (κ2) is 5.55. The lowest BCUT2D eigenvalue weighted by Crippen LogP contribution is -2.31. The van der Waals surface area contributed by atoms with E-state index < -0.39 is 0 Å².